The first kappa shape index (κ1) is 33.2. The van der Waals surface area contributed by atoms with Gasteiger partial charge in [0.2, 0.25) is 0 Å². The van der Waals surface area contributed by atoms with E-state index in [2.05, 4.69) is 228 Å². The van der Waals surface area contributed by atoms with Gasteiger partial charge in [-0.15, -0.1) is 11.3 Å². The molecule has 0 amide bonds. The summed E-state index contributed by atoms with van der Waals surface area (Å²) >= 11 is 1.91. The standard InChI is InChI=1S/C54H36N2SSi/c1-4-18-37(19-5-1)55-46-29-13-10-27-44(46)52-48(55)31-17-33-51(52)58(39-21-6-2-7-22-39,40-23-8-3-9-24-40)41-25-16-20-38(36-41)56-47-30-14-11-28-45(47)53-49(56)35-34-43-42-26-12-15-32-50(42)57-54(43)53/h1-36H. The molecule has 0 radical (unpaired) electrons. The van der Waals surface area contributed by atoms with Crippen molar-refractivity contribution in [2.24, 2.45) is 0 Å². The summed E-state index contributed by atoms with van der Waals surface area (Å²) in [6.45, 7) is 0. The van der Waals surface area contributed by atoms with Gasteiger partial charge in [0.25, 0.3) is 0 Å². The zero-order valence-corrected chi connectivity index (χ0v) is 33.4. The molecule has 9 aromatic carbocycles. The highest BCUT2D eigenvalue weighted by Crippen LogP contribution is 2.43. The number of aromatic nitrogens is 2. The predicted octanol–water partition coefficient (Wildman–Crippen LogP) is 11.6. The number of para-hydroxylation sites is 3. The summed E-state index contributed by atoms with van der Waals surface area (Å²) in [6.07, 6.45) is 0. The van der Waals surface area contributed by atoms with Crippen LogP contribution in [0.2, 0.25) is 0 Å². The first-order valence-electron chi connectivity index (χ1n) is 19.9. The highest BCUT2D eigenvalue weighted by atomic mass is 32.1. The monoisotopic (exact) mass is 772 g/mol. The molecule has 0 aliphatic heterocycles. The molecule has 0 saturated carbocycles. The molecule has 0 atom stereocenters. The Kier molecular flexibility index (Phi) is 7.46. The van der Waals surface area contributed by atoms with Crippen LogP contribution in [0.1, 0.15) is 0 Å². The molecule has 2 nitrogen and oxygen atoms in total. The molecule has 3 heterocycles. The van der Waals surface area contributed by atoms with E-state index < -0.39 is 8.07 Å². The van der Waals surface area contributed by atoms with Crippen molar-refractivity contribution >= 4 is 104 Å². The summed E-state index contributed by atoms with van der Waals surface area (Å²) in [7, 11) is -3.04. The van der Waals surface area contributed by atoms with Crippen molar-refractivity contribution in [3.63, 3.8) is 0 Å². The van der Waals surface area contributed by atoms with Gasteiger partial charge in [-0.25, -0.2) is 0 Å². The fourth-order valence-corrected chi connectivity index (χ4v) is 16.2. The lowest BCUT2D eigenvalue weighted by molar-refractivity contribution is 1.18. The van der Waals surface area contributed by atoms with E-state index in [1.807, 2.05) is 11.3 Å². The minimum atomic E-state index is -3.04. The van der Waals surface area contributed by atoms with Crippen LogP contribution in [0, 0.1) is 0 Å². The predicted molar refractivity (Wildman–Crippen MR) is 252 cm³/mol. The number of hydrogen-bond donors (Lipinski definition) is 0. The molecule has 0 N–H and O–H groups in total. The van der Waals surface area contributed by atoms with Crippen LogP contribution in [-0.2, 0) is 0 Å². The van der Waals surface area contributed by atoms with Crippen LogP contribution in [0.5, 0.6) is 0 Å². The van der Waals surface area contributed by atoms with E-state index >= 15 is 0 Å². The van der Waals surface area contributed by atoms with Crippen LogP contribution in [0.4, 0.5) is 0 Å². The maximum Gasteiger partial charge on any atom is 0.180 e. The molecule has 0 fully saturated rings. The van der Waals surface area contributed by atoms with Crippen molar-refractivity contribution in [1.82, 2.24) is 9.13 Å². The summed E-state index contributed by atoms with van der Waals surface area (Å²) in [5, 5.41) is 13.3. The molecular formula is C54H36N2SSi. The van der Waals surface area contributed by atoms with Crippen LogP contribution in [-0.4, -0.2) is 17.2 Å². The van der Waals surface area contributed by atoms with Gasteiger partial charge in [-0.3, -0.25) is 0 Å². The Balaban J connectivity index is 1.20. The topological polar surface area (TPSA) is 9.86 Å². The van der Waals surface area contributed by atoms with Crippen LogP contribution in [0.3, 0.4) is 0 Å². The van der Waals surface area contributed by atoms with Gasteiger partial charge >= 0.3 is 0 Å². The van der Waals surface area contributed by atoms with E-state index in [0.29, 0.717) is 0 Å². The van der Waals surface area contributed by atoms with Crippen LogP contribution in [0.25, 0.3) is 75.2 Å². The second-order valence-corrected chi connectivity index (χ2v) is 20.0. The van der Waals surface area contributed by atoms with E-state index in [1.54, 1.807) is 0 Å². The highest BCUT2D eigenvalue weighted by molar-refractivity contribution is 7.26. The smallest absolute Gasteiger partial charge is 0.180 e. The van der Waals surface area contributed by atoms with Gasteiger partial charge in [0, 0.05) is 53.1 Å². The number of rotatable bonds is 6. The summed E-state index contributed by atoms with van der Waals surface area (Å²) < 4.78 is 7.64. The molecule has 0 aliphatic rings. The van der Waals surface area contributed by atoms with E-state index in [-0.39, 0.29) is 0 Å². The molecule has 0 bridgehead atoms. The Morgan fingerprint density at radius 1 is 0.328 bits per heavy atom. The normalized spacial score (nSPS) is 12.1. The molecule has 12 aromatic rings. The quantitative estimate of drug-likeness (QED) is 0.118. The summed E-state index contributed by atoms with van der Waals surface area (Å²) in [5.41, 5.74) is 7.23. The Bertz CT molecular complexity index is 3470. The summed E-state index contributed by atoms with van der Waals surface area (Å²) in [4.78, 5) is 0. The lowest BCUT2D eigenvalue weighted by Crippen LogP contribution is -2.74. The Morgan fingerprint density at radius 2 is 0.828 bits per heavy atom. The maximum atomic E-state index is 2.52. The average Bonchev–Trinajstić information content (AvgIpc) is 3.96. The Hall–Kier alpha value is -6.98. The van der Waals surface area contributed by atoms with Crippen molar-refractivity contribution in [3.05, 3.63) is 218 Å². The van der Waals surface area contributed by atoms with E-state index in [0.717, 1.165) is 0 Å². The van der Waals surface area contributed by atoms with E-state index in [4.69, 9.17) is 0 Å². The Morgan fingerprint density at radius 3 is 1.53 bits per heavy atom. The van der Waals surface area contributed by atoms with Gasteiger partial charge in [0.05, 0.1) is 22.1 Å². The maximum absolute atomic E-state index is 3.04. The molecule has 0 aliphatic carbocycles. The average molecular weight is 773 g/mol. The zero-order valence-electron chi connectivity index (χ0n) is 31.6. The van der Waals surface area contributed by atoms with Gasteiger partial charge in [-0.1, -0.05) is 164 Å². The number of benzene rings is 9. The Labute approximate surface area is 341 Å². The second-order valence-electron chi connectivity index (χ2n) is 15.2. The molecule has 272 valence electrons. The lowest BCUT2D eigenvalue weighted by Gasteiger charge is -2.35. The molecule has 12 rings (SSSR count). The third-order valence-corrected chi connectivity index (χ3v) is 18.3. The first-order valence-corrected chi connectivity index (χ1v) is 22.8. The molecule has 0 saturated heterocycles. The fraction of sp³-hybridized carbons (Fsp3) is 0. The minimum absolute atomic E-state index is 1.17. The molecular weight excluding hydrogens is 737 g/mol. The third-order valence-electron chi connectivity index (χ3n) is 12.2. The van der Waals surface area contributed by atoms with Crippen molar-refractivity contribution < 1.29 is 0 Å². The van der Waals surface area contributed by atoms with E-state index in [9.17, 15) is 0 Å². The molecule has 0 spiro atoms. The molecule has 0 unspecified atom stereocenters. The SMILES string of the molecule is c1ccc(-n2c3ccccc3c3c([Si](c4ccccc4)(c4ccccc4)c4cccc(-n5c6ccccc6c6c7sc8ccccc8c7ccc65)c4)cccc32)cc1. The van der Waals surface area contributed by atoms with E-state index in [1.165, 1.54) is 95.9 Å². The number of fused-ring (bicyclic) bond motifs is 10. The van der Waals surface area contributed by atoms with Gasteiger partial charge in [-0.2, -0.15) is 0 Å². The summed E-state index contributed by atoms with van der Waals surface area (Å²) in [5.74, 6) is 0. The number of hydrogen-bond acceptors (Lipinski definition) is 1. The number of nitrogens with zero attached hydrogens (tertiary/aromatic N) is 2. The highest BCUT2D eigenvalue weighted by Gasteiger charge is 2.43. The third kappa shape index (κ3) is 4.70. The summed E-state index contributed by atoms with van der Waals surface area (Å²) in [6, 6.07) is 81.5. The number of thiophene rings is 1. The molecule has 4 heteroatoms. The molecule has 3 aromatic heterocycles. The second kappa shape index (κ2) is 13.0. The van der Waals surface area contributed by atoms with Crippen molar-refractivity contribution in [3.8, 4) is 11.4 Å². The first-order chi connectivity index (χ1) is 28.8. The van der Waals surface area contributed by atoms with Crippen LogP contribution >= 0.6 is 11.3 Å². The van der Waals surface area contributed by atoms with Crippen molar-refractivity contribution in [2.75, 3.05) is 0 Å². The minimum Gasteiger partial charge on any atom is -0.309 e. The zero-order chi connectivity index (χ0) is 38.2. The lowest BCUT2D eigenvalue weighted by atomic mass is 10.1. The van der Waals surface area contributed by atoms with Gasteiger partial charge < -0.3 is 9.13 Å². The van der Waals surface area contributed by atoms with Gasteiger partial charge in [0.1, 0.15) is 0 Å². The van der Waals surface area contributed by atoms with Gasteiger partial charge in [-0.05, 0) is 75.3 Å². The van der Waals surface area contributed by atoms with Crippen LogP contribution in [0.15, 0.2) is 218 Å². The fourth-order valence-electron chi connectivity index (χ4n) is 9.92. The van der Waals surface area contributed by atoms with Gasteiger partial charge in [0.15, 0.2) is 8.07 Å². The largest absolute Gasteiger partial charge is 0.309 e. The van der Waals surface area contributed by atoms with Crippen LogP contribution < -0.4 is 20.7 Å². The molecule has 58 heavy (non-hydrogen) atoms. The van der Waals surface area contributed by atoms with Crippen molar-refractivity contribution in [1.29, 1.82) is 0 Å². The van der Waals surface area contributed by atoms with Crippen molar-refractivity contribution in [2.45, 2.75) is 0 Å².